The Kier molecular flexibility index (Phi) is 3.22. The maximum absolute atomic E-state index is 13.2. The van der Waals surface area contributed by atoms with Crippen molar-refractivity contribution in [2.24, 2.45) is 5.84 Å². The quantitative estimate of drug-likeness (QED) is 0.569. The van der Waals surface area contributed by atoms with Gasteiger partial charge >= 0.3 is 0 Å². The van der Waals surface area contributed by atoms with Gasteiger partial charge in [0.05, 0.1) is 0 Å². The second kappa shape index (κ2) is 5.03. The van der Waals surface area contributed by atoms with Crippen molar-refractivity contribution in [2.45, 2.75) is 6.04 Å². The van der Waals surface area contributed by atoms with E-state index in [1.807, 2.05) is 0 Å². The molecular formula is C15H12F2N2O. The fraction of sp³-hybridized carbons (Fsp3) is 0.0667. The SMILES string of the molecule is NNC(c1ccc(F)cc1)c1cc2cc(F)ccc2o1. The Bertz CT molecular complexity index is 737. The van der Waals surface area contributed by atoms with Crippen LogP contribution in [0.15, 0.2) is 52.9 Å². The van der Waals surface area contributed by atoms with Crippen molar-refractivity contribution in [2.75, 3.05) is 0 Å². The first-order chi connectivity index (χ1) is 9.67. The zero-order chi connectivity index (χ0) is 14.1. The molecule has 1 heterocycles. The third kappa shape index (κ3) is 2.29. The van der Waals surface area contributed by atoms with Crippen molar-refractivity contribution in [3.8, 4) is 0 Å². The van der Waals surface area contributed by atoms with Gasteiger partial charge in [-0.05, 0) is 42.0 Å². The number of halogens is 2. The largest absolute Gasteiger partial charge is 0.459 e. The van der Waals surface area contributed by atoms with Gasteiger partial charge in [0.1, 0.15) is 29.0 Å². The van der Waals surface area contributed by atoms with Gasteiger partial charge in [0.15, 0.2) is 0 Å². The van der Waals surface area contributed by atoms with Crippen LogP contribution in [0, 0.1) is 11.6 Å². The molecule has 2 aromatic carbocycles. The van der Waals surface area contributed by atoms with Gasteiger partial charge in [0, 0.05) is 5.39 Å². The summed E-state index contributed by atoms with van der Waals surface area (Å²) in [6, 6.07) is 11.5. The predicted molar refractivity (Wildman–Crippen MR) is 71.7 cm³/mol. The zero-order valence-electron chi connectivity index (χ0n) is 10.4. The molecule has 0 spiro atoms. The minimum Gasteiger partial charge on any atom is -0.459 e. The first-order valence-corrected chi connectivity index (χ1v) is 6.08. The van der Waals surface area contributed by atoms with Crippen LogP contribution in [0.4, 0.5) is 8.78 Å². The van der Waals surface area contributed by atoms with Crippen molar-refractivity contribution < 1.29 is 13.2 Å². The predicted octanol–water partition coefficient (Wildman–Crippen LogP) is 3.26. The van der Waals surface area contributed by atoms with Crippen molar-refractivity contribution in [1.82, 2.24) is 5.43 Å². The number of nitrogens with two attached hydrogens (primary N) is 1. The van der Waals surface area contributed by atoms with Gasteiger partial charge < -0.3 is 4.42 Å². The van der Waals surface area contributed by atoms with E-state index in [9.17, 15) is 8.78 Å². The number of nitrogens with one attached hydrogen (secondary N) is 1. The smallest absolute Gasteiger partial charge is 0.134 e. The number of furan rings is 1. The summed E-state index contributed by atoms with van der Waals surface area (Å²) in [5.41, 5.74) is 3.95. The highest BCUT2D eigenvalue weighted by Crippen LogP contribution is 2.28. The number of fused-ring (bicyclic) bond motifs is 1. The van der Waals surface area contributed by atoms with Crippen LogP contribution in [-0.2, 0) is 0 Å². The van der Waals surface area contributed by atoms with Gasteiger partial charge in [0.25, 0.3) is 0 Å². The lowest BCUT2D eigenvalue weighted by Crippen LogP contribution is -2.28. The lowest BCUT2D eigenvalue weighted by molar-refractivity contribution is 0.476. The first-order valence-electron chi connectivity index (χ1n) is 6.08. The van der Waals surface area contributed by atoms with E-state index in [4.69, 9.17) is 10.3 Å². The van der Waals surface area contributed by atoms with Crippen LogP contribution in [0.1, 0.15) is 17.4 Å². The van der Waals surface area contributed by atoms with E-state index in [0.29, 0.717) is 16.7 Å². The molecule has 3 rings (SSSR count). The molecule has 0 aliphatic carbocycles. The Morgan fingerprint density at radius 1 is 0.950 bits per heavy atom. The molecule has 0 fully saturated rings. The molecule has 20 heavy (non-hydrogen) atoms. The highest BCUT2D eigenvalue weighted by molar-refractivity contribution is 5.78. The topological polar surface area (TPSA) is 51.2 Å². The van der Waals surface area contributed by atoms with Crippen molar-refractivity contribution in [3.63, 3.8) is 0 Å². The summed E-state index contributed by atoms with van der Waals surface area (Å²) < 4.78 is 31.8. The lowest BCUT2D eigenvalue weighted by atomic mass is 10.0. The molecule has 102 valence electrons. The maximum atomic E-state index is 13.2. The summed E-state index contributed by atoms with van der Waals surface area (Å²) in [6.07, 6.45) is 0. The molecule has 1 aromatic heterocycles. The number of rotatable bonds is 3. The van der Waals surface area contributed by atoms with Crippen LogP contribution in [-0.4, -0.2) is 0 Å². The van der Waals surface area contributed by atoms with E-state index in [1.165, 1.54) is 24.3 Å². The molecule has 0 aliphatic rings. The van der Waals surface area contributed by atoms with Crippen molar-refractivity contribution in [1.29, 1.82) is 0 Å². The van der Waals surface area contributed by atoms with Gasteiger partial charge in [-0.3, -0.25) is 5.84 Å². The van der Waals surface area contributed by atoms with Crippen LogP contribution in [0.25, 0.3) is 11.0 Å². The fourth-order valence-electron chi connectivity index (χ4n) is 2.17. The number of hydrogen-bond acceptors (Lipinski definition) is 3. The van der Waals surface area contributed by atoms with Crippen molar-refractivity contribution in [3.05, 3.63) is 71.5 Å². The van der Waals surface area contributed by atoms with Crippen LogP contribution < -0.4 is 11.3 Å². The standard InChI is InChI=1S/C15H12F2N2O/c16-11-3-1-9(2-4-11)15(19-18)14-8-10-7-12(17)5-6-13(10)20-14/h1-8,15,19H,18H2. The van der Waals surface area contributed by atoms with Gasteiger partial charge in [-0.1, -0.05) is 12.1 Å². The van der Waals surface area contributed by atoms with Crippen LogP contribution >= 0.6 is 0 Å². The maximum Gasteiger partial charge on any atom is 0.134 e. The van der Waals surface area contributed by atoms with Crippen LogP contribution in [0.3, 0.4) is 0 Å². The summed E-state index contributed by atoms with van der Waals surface area (Å²) in [5.74, 6) is 5.44. The van der Waals surface area contributed by atoms with Crippen molar-refractivity contribution >= 4 is 11.0 Å². The Morgan fingerprint density at radius 2 is 1.65 bits per heavy atom. The highest BCUT2D eigenvalue weighted by atomic mass is 19.1. The summed E-state index contributed by atoms with van der Waals surface area (Å²) in [6.45, 7) is 0. The first kappa shape index (κ1) is 12.8. The molecule has 1 unspecified atom stereocenters. The minimum absolute atomic E-state index is 0.323. The Labute approximate surface area is 114 Å². The average molecular weight is 274 g/mol. The average Bonchev–Trinajstić information content (AvgIpc) is 2.84. The van der Waals surface area contributed by atoms with E-state index in [0.717, 1.165) is 5.56 Å². The molecule has 3 N–H and O–H groups in total. The molecule has 0 saturated carbocycles. The second-order valence-electron chi connectivity index (χ2n) is 4.48. The van der Waals surface area contributed by atoms with Gasteiger partial charge in [-0.15, -0.1) is 0 Å². The van der Waals surface area contributed by atoms with Gasteiger partial charge in [-0.25, -0.2) is 14.2 Å². The van der Waals surface area contributed by atoms with E-state index in [1.54, 1.807) is 24.3 Å². The molecule has 0 bridgehead atoms. The Morgan fingerprint density at radius 3 is 2.35 bits per heavy atom. The summed E-state index contributed by atoms with van der Waals surface area (Å²) in [7, 11) is 0. The van der Waals surface area contributed by atoms with E-state index >= 15 is 0 Å². The fourth-order valence-corrected chi connectivity index (χ4v) is 2.17. The zero-order valence-corrected chi connectivity index (χ0v) is 10.4. The second-order valence-corrected chi connectivity index (χ2v) is 4.48. The van der Waals surface area contributed by atoms with Crippen LogP contribution in [0.5, 0.6) is 0 Å². The molecule has 3 aromatic rings. The monoisotopic (exact) mass is 274 g/mol. The van der Waals surface area contributed by atoms with E-state index in [2.05, 4.69) is 5.43 Å². The molecule has 1 atom stereocenters. The molecular weight excluding hydrogens is 262 g/mol. The Hall–Kier alpha value is -2.24. The molecule has 5 heteroatoms. The molecule has 0 aliphatic heterocycles. The molecule has 0 amide bonds. The summed E-state index contributed by atoms with van der Waals surface area (Å²) in [4.78, 5) is 0. The summed E-state index contributed by atoms with van der Waals surface area (Å²) >= 11 is 0. The Balaban J connectivity index is 2.04. The molecule has 3 nitrogen and oxygen atoms in total. The third-order valence-corrected chi connectivity index (χ3v) is 3.15. The van der Waals surface area contributed by atoms with Gasteiger partial charge in [0.2, 0.25) is 0 Å². The third-order valence-electron chi connectivity index (χ3n) is 3.15. The minimum atomic E-state index is -0.425. The number of hydrazine groups is 1. The number of benzene rings is 2. The van der Waals surface area contributed by atoms with E-state index in [-0.39, 0.29) is 11.6 Å². The van der Waals surface area contributed by atoms with Crippen LogP contribution in [0.2, 0.25) is 0 Å². The molecule has 0 radical (unpaired) electrons. The normalized spacial score (nSPS) is 12.8. The van der Waals surface area contributed by atoms with Gasteiger partial charge in [-0.2, -0.15) is 0 Å². The highest BCUT2D eigenvalue weighted by Gasteiger charge is 2.17. The lowest BCUT2D eigenvalue weighted by Gasteiger charge is -2.13. The van der Waals surface area contributed by atoms with E-state index < -0.39 is 6.04 Å². The number of hydrogen-bond donors (Lipinski definition) is 2. The molecule has 0 saturated heterocycles. The summed E-state index contributed by atoms with van der Waals surface area (Å²) in [5, 5.41) is 0.655.